The fourth-order valence-electron chi connectivity index (χ4n) is 3.83. The van der Waals surface area contributed by atoms with E-state index in [4.69, 9.17) is 24.7 Å². The van der Waals surface area contributed by atoms with Gasteiger partial charge in [0.1, 0.15) is 6.54 Å². The molecule has 12 heteroatoms. The van der Waals surface area contributed by atoms with E-state index < -0.39 is 5.91 Å². The number of carbonyl (C=O) groups excluding carboxylic acids is 2. The second kappa shape index (κ2) is 14.5. The van der Waals surface area contributed by atoms with Crippen molar-refractivity contribution in [2.75, 3.05) is 46.3 Å². The molecule has 0 aliphatic heterocycles. The second-order valence-electron chi connectivity index (χ2n) is 8.42. The Balaban J connectivity index is 1.48. The molecule has 0 saturated heterocycles. The Morgan fingerprint density at radius 1 is 0.846 bits per heavy atom. The first-order valence-electron chi connectivity index (χ1n) is 12.7. The van der Waals surface area contributed by atoms with E-state index in [1.54, 1.807) is 14.2 Å². The number of ether oxygens (including phenoxy) is 4. The summed E-state index contributed by atoms with van der Waals surface area (Å²) in [7, 11) is 3.14. The highest BCUT2D eigenvalue weighted by atomic mass is 16.5. The van der Waals surface area contributed by atoms with Crippen LogP contribution in [0.5, 0.6) is 23.0 Å². The zero-order valence-electron chi connectivity index (χ0n) is 22.8. The highest BCUT2D eigenvalue weighted by Gasteiger charge is 2.19. The molecule has 0 radical (unpaired) electrons. The van der Waals surface area contributed by atoms with Gasteiger partial charge in [-0.1, -0.05) is 17.3 Å². The van der Waals surface area contributed by atoms with Crippen LogP contribution in [0.3, 0.4) is 0 Å². The number of nitrogen functional groups attached to an aromatic ring is 1. The van der Waals surface area contributed by atoms with Gasteiger partial charge in [-0.3, -0.25) is 9.59 Å². The number of carbonyl (C=O) groups is 2. The van der Waals surface area contributed by atoms with Gasteiger partial charge < -0.3 is 35.3 Å². The van der Waals surface area contributed by atoms with Gasteiger partial charge in [-0.05, 0) is 62.1 Å². The van der Waals surface area contributed by atoms with Gasteiger partial charge in [-0.2, -0.15) is 0 Å². The van der Waals surface area contributed by atoms with Gasteiger partial charge in [0.25, 0.3) is 5.91 Å². The summed E-state index contributed by atoms with van der Waals surface area (Å²) in [4.78, 5) is 25.0. The molecule has 1 aromatic heterocycles. The molecule has 0 bridgehead atoms. The van der Waals surface area contributed by atoms with E-state index in [0.717, 1.165) is 11.1 Å². The molecular formula is C27H36N6O6. The molecule has 210 valence electrons. The minimum absolute atomic E-state index is 0.0160. The topological polar surface area (TPSA) is 152 Å². The largest absolute Gasteiger partial charge is 0.493 e. The van der Waals surface area contributed by atoms with Crippen molar-refractivity contribution in [2.24, 2.45) is 0 Å². The van der Waals surface area contributed by atoms with E-state index in [1.165, 1.54) is 4.68 Å². The van der Waals surface area contributed by atoms with E-state index in [2.05, 4.69) is 20.9 Å². The average molecular weight is 541 g/mol. The number of anilines is 1. The van der Waals surface area contributed by atoms with Crippen molar-refractivity contribution in [1.29, 1.82) is 0 Å². The number of hydrogen-bond acceptors (Lipinski definition) is 9. The normalized spacial score (nSPS) is 10.6. The Hall–Kier alpha value is -4.48. The van der Waals surface area contributed by atoms with Gasteiger partial charge in [-0.15, -0.1) is 5.10 Å². The Morgan fingerprint density at radius 3 is 2.08 bits per heavy atom. The van der Waals surface area contributed by atoms with Crippen LogP contribution in [0, 0.1) is 0 Å². The van der Waals surface area contributed by atoms with E-state index in [9.17, 15) is 9.59 Å². The maximum absolute atomic E-state index is 12.6. The molecule has 0 saturated carbocycles. The van der Waals surface area contributed by atoms with E-state index in [0.29, 0.717) is 62.1 Å². The number of benzene rings is 2. The minimum Gasteiger partial charge on any atom is -0.493 e. The molecule has 2 amide bonds. The lowest BCUT2D eigenvalue weighted by atomic mass is 10.1. The lowest BCUT2D eigenvalue weighted by Gasteiger charge is -2.12. The van der Waals surface area contributed by atoms with Gasteiger partial charge in [0.05, 0.1) is 27.4 Å². The molecule has 2 aromatic carbocycles. The van der Waals surface area contributed by atoms with Crippen LogP contribution in [0.1, 0.15) is 35.5 Å². The van der Waals surface area contributed by atoms with Crippen molar-refractivity contribution >= 4 is 17.6 Å². The molecule has 0 fully saturated rings. The third-order valence-electron chi connectivity index (χ3n) is 5.77. The van der Waals surface area contributed by atoms with E-state index in [1.807, 2.05) is 50.2 Å². The van der Waals surface area contributed by atoms with Crippen molar-refractivity contribution in [3.05, 3.63) is 53.2 Å². The molecular weight excluding hydrogens is 504 g/mol. The fourth-order valence-corrected chi connectivity index (χ4v) is 3.83. The Bertz CT molecular complexity index is 1260. The summed E-state index contributed by atoms with van der Waals surface area (Å²) in [5, 5.41) is 13.3. The molecule has 4 N–H and O–H groups in total. The lowest BCUT2D eigenvalue weighted by Crippen LogP contribution is -2.30. The van der Waals surface area contributed by atoms with Crippen molar-refractivity contribution in [3.8, 4) is 23.0 Å². The van der Waals surface area contributed by atoms with Gasteiger partial charge in [-0.25, -0.2) is 4.68 Å². The third kappa shape index (κ3) is 8.00. The number of rotatable bonds is 15. The number of hydrogen-bond donors (Lipinski definition) is 3. The molecule has 0 atom stereocenters. The van der Waals surface area contributed by atoms with Gasteiger partial charge in [0.2, 0.25) is 5.91 Å². The van der Waals surface area contributed by atoms with Crippen LogP contribution < -0.4 is 35.3 Å². The SMILES string of the molecule is CCOc1ccc(CCNC(=O)c2nnn(CC(=O)NCCc3ccc(OC)c(OC)c3)c2N)cc1OCC. The van der Waals surface area contributed by atoms with Gasteiger partial charge >= 0.3 is 0 Å². The van der Waals surface area contributed by atoms with Crippen LogP contribution in [-0.2, 0) is 24.2 Å². The molecule has 0 aliphatic rings. The summed E-state index contributed by atoms with van der Waals surface area (Å²) in [5.74, 6) is 1.85. The maximum Gasteiger partial charge on any atom is 0.275 e. The van der Waals surface area contributed by atoms with Crippen molar-refractivity contribution in [2.45, 2.75) is 33.2 Å². The molecule has 1 heterocycles. The van der Waals surface area contributed by atoms with Crippen LogP contribution in [0.15, 0.2) is 36.4 Å². The van der Waals surface area contributed by atoms with Gasteiger partial charge in [0.15, 0.2) is 34.5 Å². The molecule has 39 heavy (non-hydrogen) atoms. The highest BCUT2D eigenvalue weighted by Crippen LogP contribution is 2.29. The number of amides is 2. The molecule has 3 aromatic rings. The van der Waals surface area contributed by atoms with Crippen LogP contribution in [0.4, 0.5) is 5.82 Å². The first-order chi connectivity index (χ1) is 18.9. The Morgan fingerprint density at radius 2 is 1.44 bits per heavy atom. The molecule has 0 spiro atoms. The van der Waals surface area contributed by atoms with Crippen molar-refractivity contribution in [3.63, 3.8) is 0 Å². The third-order valence-corrected chi connectivity index (χ3v) is 5.77. The Labute approximate surface area is 227 Å². The predicted octanol–water partition coefficient (Wildman–Crippen LogP) is 2.01. The van der Waals surface area contributed by atoms with Crippen LogP contribution in [0.25, 0.3) is 0 Å². The number of aromatic nitrogens is 3. The van der Waals surface area contributed by atoms with Crippen LogP contribution in [-0.4, -0.2) is 67.3 Å². The van der Waals surface area contributed by atoms with Crippen LogP contribution in [0.2, 0.25) is 0 Å². The summed E-state index contributed by atoms with van der Waals surface area (Å²) in [6.07, 6.45) is 1.15. The maximum atomic E-state index is 12.6. The monoisotopic (exact) mass is 540 g/mol. The van der Waals surface area contributed by atoms with E-state index in [-0.39, 0.29) is 24.0 Å². The summed E-state index contributed by atoms with van der Waals surface area (Å²) >= 11 is 0. The summed E-state index contributed by atoms with van der Waals surface area (Å²) in [6, 6.07) is 11.3. The smallest absolute Gasteiger partial charge is 0.275 e. The summed E-state index contributed by atoms with van der Waals surface area (Å²) in [6.45, 7) is 5.46. The number of methoxy groups -OCH3 is 2. The van der Waals surface area contributed by atoms with Gasteiger partial charge in [0, 0.05) is 13.1 Å². The highest BCUT2D eigenvalue weighted by molar-refractivity contribution is 5.96. The average Bonchev–Trinajstić information content (AvgIpc) is 3.29. The Kier molecular flexibility index (Phi) is 10.8. The predicted molar refractivity (Wildman–Crippen MR) is 146 cm³/mol. The standard InChI is InChI=1S/C27H36N6O6/c1-5-38-21-10-8-19(16-23(21)39-6-2)12-14-30-27(35)25-26(28)33(32-31-25)17-24(34)29-13-11-18-7-9-20(36-3)22(15-18)37-4/h7-10,15-16H,5-6,11-14,17,28H2,1-4H3,(H,29,34)(H,30,35). The fraction of sp³-hybridized carbons (Fsp3) is 0.407. The molecule has 0 aliphatic carbocycles. The molecule has 12 nitrogen and oxygen atoms in total. The lowest BCUT2D eigenvalue weighted by molar-refractivity contribution is -0.121. The minimum atomic E-state index is -0.469. The number of nitrogens with zero attached hydrogens (tertiary/aromatic N) is 3. The first kappa shape index (κ1) is 29.1. The number of nitrogens with one attached hydrogen (secondary N) is 2. The van der Waals surface area contributed by atoms with E-state index >= 15 is 0 Å². The summed E-state index contributed by atoms with van der Waals surface area (Å²) in [5.41, 5.74) is 7.97. The zero-order valence-corrected chi connectivity index (χ0v) is 22.8. The first-order valence-corrected chi connectivity index (χ1v) is 12.7. The second-order valence-corrected chi connectivity index (χ2v) is 8.42. The van der Waals surface area contributed by atoms with Crippen molar-refractivity contribution in [1.82, 2.24) is 25.6 Å². The number of nitrogens with two attached hydrogens (primary N) is 1. The zero-order chi connectivity index (χ0) is 28.2. The molecule has 0 unspecified atom stereocenters. The summed E-state index contributed by atoms with van der Waals surface area (Å²) < 4.78 is 23.0. The van der Waals surface area contributed by atoms with Crippen LogP contribution >= 0.6 is 0 Å². The quantitative estimate of drug-likeness (QED) is 0.263. The molecule has 3 rings (SSSR count). The van der Waals surface area contributed by atoms with Crippen molar-refractivity contribution < 1.29 is 28.5 Å².